The fraction of sp³-hybridized carbons (Fsp3) is 0.423. The van der Waals surface area contributed by atoms with Gasteiger partial charge in [-0.15, -0.1) is 0 Å². The van der Waals surface area contributed by atoms with Crippen LogP contribution in [0.15, 0.2) is 42.7 Å². The lowest BCUT2D eigenvalue weighted by molar-refractivity contribution is -0.120. The zero-order valence-electron chi connectivity index (χ0n) is 19.8. The number of hydrogen-bond acceptors (Lipinski definition) is 8. The van der Waals surface area contributed by atoms with E-state index in [9.17, 15) is 4.79 Å². The molecule has 2 fully saturated rings. The highest BCUT2D eigenvalue weighted by Gasteiger charge is 2.35. The molecule has 0 spiro atoms. The maximum absolute atomic E-state index is 12.8. The zero-order valence-corrected chi connectivity index (χ0v) is 19.8. The van der Waals surface area contributed by atoms with Crippen LogP contribution < -0.4 is 24.4 Å². The van der Waals surface area contributed by atoms with Crippen LogP contribution in [0.1, 0.15) is 17.9 Å². The topological polar surface area (TPSA) is 89.1 Å². The van der Waals surface area contributed by atoms with Crippen molar-refractivity contribution in [2.75, 3.05) is 57.9 Å². The standard InChI is InChI=1S/C26H29N5O4/c1-33-19-3-4-22-21(14-19)25(28-16-27-22)31-8-6-30(7-9-31)15-18-13-20(26(32)29-18)17-2-5-23-24(12-17)35-11-10-34-23/h2-5,12,14,16,18,20H,6-11,13,15H2,1H3,(H,29,32)/t18?,20-/m0/s1. The van der Waals surface area contributed by atoms with Gasteiger partial charge in [0, 0.05) is 44.2 Å². The number of rotatable bonds is 5. The maximum Gasteiger partial charge on any atom is 0.227 e. The van der Waals surface area contributed by atoms with Gasteiger partial charge in [-0.25, -0.2) is 9.97 Å². The van der Waals surface area contributed by atoms with Crippen LogP contribution in [0, 0.1) is 0 Å². The summed E-state index contributed by atoms with van der Waals surface area (Å²) in [6, 6.07) is 11.9. The van der Waals surface area contributed by atoms with E-state index in [1.807, 2.05) is 36.4 Å². The first-order valence-electron chi connectivity index (χ1n) is 12.1. The Balaban J connectivity index is 1.08. The molecule has 1 aromatic heterocycles. The average molecular weight is 476 g/mol. The van der Waals surface area contributed by atoms with E-state index >= 15 is 0 Å². The Morgan fingerprint density at radius 1 is 1.03 bits per heavy atom. The number of hydrogen-bond donors (Lipinski definition) is 1. The first-order valence-corrected chi connectivity index (χ1v) is 12.1. The molecule has 0 bridgehead atoms. The summed E-state index contributed by atoms with van der Waals surface area (Å²) in [5.74, 6) is 3.17. The van der Waals surface area contributed by atoms with Crippen LogP contribution in [-0.4, -0.2) is 79.9 Å². The minimum absolute atomic E-state index is 0.0896. The van der Waals surface area contributed by atoms with E-state index in [1.54, 1.807) is 13.4 Å². The highest BCUT2D eigenvalue weighted by molar-refractivity contribution is 5.90. The molecule has 1 unspecified atom stereocenters. The van der Waals surface area contributed by atoms with Gasteiger partial charge in [0.25, 0.3) is 0 Å². The summed E-state index contributed by atoms with van der Waals surface area (Å²) in [6.45, 7) is 5.52. The van der Waals surface area contributed by atoms with Crippen molar-refractivity contribution in [2.45, 2.75) is 18.4 Å². The number of amides is 1. The number of piperazine rings is 1. The highest BCUT2D eigenvalue weighted by Crippen LogP contribution is 2.36. The van der Waals surface area contributed by atoms with Crippen molar-refractivity contribution >= 4 is 22.6 Å². The highest BCUT2D eigenvalue weighted by atomic mass is 16.6. The summed E-state index contributed by atoms with van der Waals surface area (Å²) in [4.78, 5) is 26.5. The predicted octanol–water partition coefficient (Wildman–Crippen LogP) is 2.20. The molecule has 3 aliphatic rings. The molecule has 1 amide bonds. The van der Waals surface area contributed by atoms with Crippen molar-refractivity contribution in [1.82, 2.24) is 20.2 Å². The molecule has 2 aromatic carbocycles. The Bertz CT molecular complexity index is 1240. The molecule has 2 atom stereocenters. The number of methoxy groups -OCH3 is 1. The van der Waals surface area contributed by atoms with Gasteiger partial charge in [-0.3, -0.25) is 9.69 Å². The zero-order chi connectivity index (χ0) is 23.8. The second-order valence-corrected chi connectivity index (χ2v) is 9.26. The van der Waals surface area contributed by atoms with Gasteiger partial charge >= 0.3 is 0 Å². The summed E-state index contributed by atoms with van der Waals surface area (Å²) in [5, 5.41) is 4.21. The second-order valence-electron chi connectivity index (χ2n) is 9.26. The number of anilines is 1. The van der Waals surface area contributed by atoms with E-state index in [0.29, 0.717) is 13.2 Å². The molecule has 3 aromatic rings. The van der Waals surface area contributed by atoms with Gasteiger partial charge in [-0.1, -0.05) is 6.07 Å². The molecule has 4 heterocycles. The number of carbonyl (C=O) groups is 1. The Morgan fingerprint density at radius 3 is 2.69 bits per heavy atom. The Kier molecular flexibility index (Phi) is 5.77. The molecule has 2 saturated heterocycles. The Hall–Kier alpha value is -3.59. The van der Waals surface area contributed by atoms with Crippen molar-refractivity contribution in [3.63, 3.8) is 0 Å². The number of benzene rings is 2. The third-order valence-electron chi connectivity index (χ3n) is 7.12. The Morgan fingerprint density at radius 2 is 1.86 bits per heavy atom. The number of aromatic nitrogens is 2. The Labute approximate surface area is 204 Å². The molecular formula is C26H29N5O4. The van der Waals surface area contributed by atoms with E-state index in [4.69, 9.17) is 14.2 Å². The summed E-state index contributed by atoms with van der Waals surface area (Å²) in [6.07, 6.45) is 2.41. The van der Waals surface area contributed by atoms with Crippen molar-refractivity contribution in [2.24, 2.45) is 0 Å². The molecule has 0 radical (unpaired) electrons. The second kappa shape index (κ2) is 9.22. The maximum atomic E-state index is 12.8. The molecule has 182 valence electrons. The van der Waals surface area contributed by atoms with Gasteiger partial charge in [0.2, 0.25) is 5.91 Å². The van der Waals surface area contributed by atoms with E-state index in [2.05, 4.69) is 25.1 Å². The monoisotopic (exact) mass is 475 g/mol. The number of ether oxygens (including phenoxy) is 3. The van der Waals surface area contributed by atoms with E-state index in [-0.39, 0.29) is 17.9 Å². The lowest BCUT2D eigenvalue weighted by Gasteiger charge is -2.36. The molecule has 0 saturated carbocycles. The lowest BCUT2D eigenvalue weighted by atomic mass is 9.95. The molecular weight excluding hydrogens is 446 g/mol. The number of fused-ring (bicyclic) bond motifs is 2. The first kappa shape index (κ1) is 21.9. The predicted molar refractivity (Wildman–Crippen MR) is 131 cm³/mol. The van der Waals surface area contributed by atoms with Crippen LogP contribution in [-0.2, 0) is 4.79 Å². The van der Waals surface area contributed by atoms with Crippen LogP contribution in [0.25, 0.3) is 10.9 Å². The molecule has 6 rings (SSSR count). The van der Waals surface area contributed by atoms with E-state index in [1.165, 1.54) is 0 Å². The third kappa shape index (κ3) is 4.32. The molecule has 9 nitrogen and oxygen atoms in total. The van der Waals surface area contributed by atoms with Crippen molar-refractivity contribution in [3.8, 4) is 17.2 Å². The fourth-order valence-electron chi connectivity index (χ4n) is 5.29. The summed E-state index contributed by atoms with van der Waals surface area (Å²) >= 11 is 0. The quantitative estimate of drug-likeness (QED) is 0.601. The SMILES string of the molecule is COc1ccc2ncnc(N3CCN(CC4C[C@@H](c5ccc6c(c5)OCCO6)C(=O)N4)CC3)c2c1. The van der Waals surface area contributed by atoms with Crippen LogP contribution in [0.5, 0.6) is 17.2 Å². The van der Waals surface area contributed by atoms with Crippen LogP contribution in [0.2, 0.25) is 0 Å². The van der Waals surface area contributed by atoms with Crippen LogP contribution in [0.4, 0.5) is 5.82 Å². The number of nitrogens with zero attached hydrogens (tertiary/aromatic N) is 4. The molecule has 3 aliphatic heterocycles. The van der Waals surface area contributed by atoms with Gasteiger partial charge in [0.1, 0.15) is 31.1 Å². The normalized spacial score (nSPS) is 22.3. The minimum Gasteiger partial charge on any atom is -0.497 e. The number of carbonyl (C=O) groups excluding carboxylic acids is 1. The average Bonchev–Trinajstić information content (AvgIpc) is 3.27. The fourth-order valence-corrected chi connectivity index (χ4v) is 5.29. The molecule has 1 N–H and O–H groups in total. The third-order valence-corrected chi connectivity index (χ3v) is 7.12. The van der Waals surface area contributed by atoms with Gasteiger partial charge in [0.05, 0.1) is 18.5 Å². The first-order chi connectivity index (χ1) is 17.2. The van der Waals surface area contributed by atoms with Crippen molar-refractivity contribution in [3.05, 3.63) is 48.3 Å². The van der Waals surface area contributed by atoms with Gasteiger partial charge in [-0.2, -0.15) is 0 Å². The van der Waals surface area contributed by atoms with Crippen molar-refractivity contribution in [1.29, 1.82) is 0 Å². The van der Waals surface area contributed by atoms with Crippen LogP contribution >= 0.6 is 0 Å². The smallest absolute Gasteiger partial charge is 0.227 e. The number of nitrogens with one attached hydrogen (secondary N) is 1. The van der Waals surface area contributed by atoms with Crippen molar-refractivity contribution < 1.29 is 19.0 Å². The van der Waals surface area contributed by atoms with Crippen LogP contribution in [0.3, 0.4) is 0 Å². The summed E-state index contributed by atoms with van der Waals surface area (Å²) < 4.78 is 16.7. The van der Waals surface area contributed by atoms with Gasteiger partial charge in [0.15, 0.2) is 11.5 Å². The summed E-state index contributed by atoms with van der Waals surface area (Å²) in [7, 11) is 1.67. The van der Waals surface area contributed by atoms with E-state index < -0.39 is 0 Å². The minimum atomic E-state index is -0.153. The lowest BCUT2D eigenvalue weighted by Crippen LogP contribution is -2.50. The van der Waals surface area contributed by atoms with Gasteiger partial charge < -0.3 is 24.4 Å². The molecule has 0 aliphatic carbocycles. The molecule has 35 heavy (non-hydrogen) atoms. The molecule has 9 heteroatoms. The largest absolute Gasteiger partial charge is 0.497 e. The van der Waals surface area contributed by atoms with Gasteiger partial charge in [-0.05, 0) is 42.3 Å². The summed E-state index contributed by atoms with van der Waals surface area (Å²) in [5.41, 5.74) is 1.90. The van der Waals surface area contributed by atoms with E-state index in [0.717, 1.165) is 78.7 Å².